The Bertz CT molecular complexity index is 783. The van der Waals surface area contributed by atoms with Gasteiger partial charge in [0.05, 0.1) is 0 Å². The van der Waals surface area contributed by atoms with Gasteiger partial charge in [-0.3, -0.25) is 9.80 Å². The van der Waals surface area contributed by atoms with Gasteiger partial charge in [0.1, 0.15) is 0 Å². The van der Waals surface area contributed by atoms with Crippen LogP contribution >= 0.6 is 0 Å². The van der Waals surface area contributed by atoms with E-state index in [0.717, 1.165) is 56.1 Å². The molecule has 5 nitrogen and oxygen atoms in total. The second-order valence-electron chi connectivity index (χ2n) is 7.91. The van der Waals surface area contributed by atoms with E-state index in [2.05, 4.69) is 58.7 Å². The first-order chi connectivity index (χ1) is 13.6. The summed E-state index contributed by atoms with van der Waals surface area (Å²) < 4.78 is 0. The molecule has 150 valence electrons. The molecular formula is C23H32N4O. The van der Waals surface area contributed by atoms with Gasteiger partial charge < -0.3 is 5.11 Å². The summed E-state index contributed by atoms with van der Waals surface area (Å²) in [5.41, 5.74) is 4.76. The van der Waals surface area contributed by atoms with Crippen LogP contribution in [-0.2, 0) is 6.54 Å². The normalized spacial score (nSPS) is 18.2. The van der Waals surface area contributed by atoms with Crippen LogP contribution in [0.2, 0.25) is 0 Å². The number of aliphatic hydroxyl groups excluding tert-OH is 1. The minimum Gasteiger partial charge on any atom is -0.396 e. The molecule has 1 unspecified atom stereocenters. The van der Waals surface area contributed by atoms with Crippen LogP contribution < -0.4 is 0 Å². The van der Waals surface area contributed by atoms with Crippen molar-refractivity contribution in [3.05, 3.63) is 59.4 Å². The van der Waals surface area contributed by atoms with Crippen molar-refractivity contribution in [2.45, 2.75) is 39.8 Å². The van der Waals surface area contributed by atoms with Gasteiger partial charge in [0.2, 0.25) is 0 Å². The molecule has 28 heavy (non-hydrogen) atoms. The van der Waals surface area contributed by atoms with E-state index in [4.69, 9.17) is 0 Å². The van der Waals surface area contributed by atoms with Gasteiger partial charge in [0.25, 0.3) is 0 Å². The van der Waals surface area contributed by atoms with Crippen molar-refractivity contribution in [1.29, 1.82) is 0 Å². The van der Waals surface area contributed by atoms with E-state index >= 15 is 0 Å². The maximum absolute atomic E-state index is 9.47. The maximum atomic E-state index is 9.47. The number of aromatic nitrogens is 2. The van der Waals surface area contributed by atoms with Crippen molar-refractivity contribution in [2.75, 3.05) is 32.8 Å². The molecular weight excluding hydrogens is 348 g/mol. The number of hydrogen-bond acceptors (Lipinski definition) is 5. The molecule has 0 radical (unpaired) electrons. The number of allylic oxidation sites excluding steroid dienone is 1. The zero-order chi connectivity index (χ0) is 19.9. The van der Waals surface area contributed by atoms with E-state index < -0.39 is 0 Å². The van der Waals surface area contributed by atoms with Gasteiger partial charge in [-0.05, 0) is 32.8 Å². The number of hydrogen-bond donors (Lipinski definition) is 1. The summed E-state index contributed by atoms with van der Waals surface area (Å²) >= 11 is 0. The Morgan fingerprint density at radius 1 is 1.18 bits per heavy atom. The molecule has 1 aromatic carbocycles. The van der Waals surface area contributed by atoms with Crippen molar-refractivity contribution in [3.8, 4) is 11.4 Å². The van der Waals surface area contributed by atoms with E-state index in [1.165, 1.54) is 11.1 Å². The van der Waals surface area contributed by atoms with E-state index in [-0.39, 0.29) is 6.61 Å². The average molecular weight is 381 g/mol. The molecule has 0 aliphatic carbocycles. The van der Waals surface area contributed by atoms with Crippen LogP contribution in [0, 0.1) is 6.92 Å². The molecule has 1 aromatic heterocycles. The van der Waals surface area contributed by atoms with Gasteiger partial charge in [0, 0.05) is 68.9 Å². The molecule has 1 saturated heterocycles. The molecule has 1 aliphatic heterocycles. The summed E-state index contributed by atoms with van der Waals surface area (Å²) in [5.74, 6) is 0.784. The zero-order valence-corrected chi connectivity index (χ0v) is 17.3. The lowest BCUT2D eigenvalue weighted by Gasteiger charge is -2.41. The number of aliphatic hydroxyl groups is 1. The Balaban J connectivity index is 1.62. The van der Waals surface area contributed by atoms with Crippen LogP contribution in [0.15, 0.2) is 48.3 Å². The fourth-order valence-electron chi connectivity index (χ4n) is 3.72. The van der Waals surface area contributed by atoms with Crippen molar-refractivity contribution < 1.29 is 5.11 Å². The SMILES string of the molecule is CC(C)=CCN1CCN(Cc2cnc(-c3ccccc3C)nc2)CC1CCO. The van der Waals surface area contributed by atoms with Gasteiger partial charge in [-0.25, -0.2) is 9.97 Å². The Morgan fingerprint density at radius 3 is 2.61 bits per heavy atom. The molecule has 2 aromatic rings. The van der Waals surface area contributed by atoms with Crippen LogP contribution in [0.25, 0.3) is 11.4 Å². The molecule has 5 heteroatoms. The molecule has 0 amide bonds. The molecule has 0 bridgehead atoms. The second kappa shape index (κ2) is 9.92. The highest BCUT2D eigenvalue weighted by molar-refractivity contribution is 5.59. The topological polar surface area (TPSA) is 52.5 Å². The molecule has 0 saturated carbocycles. The van der Waals surface area contributed by atoms with Crippen molar-refractivity contribution in [1.82, 2.24) is 19.8 Å². The third-order valence-electron chi connectivity index (χ3n) is 5.38. The van der Waals surface area contributed by atoms with Gasteiger partial charge in [0.15, 0.2) is 5.82 Å². The highest BCUT2D eigenvalue weighted by atomic mass is 16.3. The lowest BCUT2D eigenvalue weighted by atomic mass is 10.1. The third kappa shape index (κ3) is 5.47. The summed E-state index contributed by atoms with van der Waals surface area (Å²) in [5, 5.41) is 9.47. The largest absolute Gasteiger partial charge is 0.396 e. The Labute approximate surface area is 168 Å². The first-order valence-electron chi connectivity index (χ1n) is 10.1. The Morgan fingerprint density at radius 2 is 1.93 bits per heavy atom. The zero-order valence-electron chi connectivity index (χ0n) is 17.3. The summed E-state index contributed by atoms with van der Waals surface area (Å²) in [6.45, 7) is 11.4. The molecule has 3 rings (SSSR count). The van der Waals surface area contributed by atoms with Crippen molar-refractivity contribution >= 4 is 0 Å². The Hall–Kier alpha value is -2.08. The molecule has 1 atom stereocenters. The summed E-state index contributed by atoms with van der Waals surface area (Å²) in [6, 6.07) is 8.60. The van der Waals surface area contributed by atoms with E-state index in [1.54, 1.807) is 0 Å². The third-order valence-corrected chi connectivity index (χ3v) is 5.38. The summed E-state index contributed by atoms with van der Waals surface area (Å²) in [4.78, 5) is 14.1. The lowest BCUT2D eigenvalue weighted by Crippen LogP contribution is -2.53. The summed E-state index contributed by atoms with van der Waals surface area (Å²) in [7, 11) is 0. The number of piperazine rings is 1. The summed E-state index contributed by atoms with van der Waals surface area (Å²) in [6.07, 6.45) is 6.99. The monoisotopic (exact) mass is 380 g/mol. The second-order valence-corrected chi connectivity index (χ2v) is 7.91. The Kier molecular flexibility index (Phi) is 7.31. The molecule has 0 spiro atoms. The highest BCUT2D eigenvalue weighted by Gasteiger charge is 2.26. The maximum Gasteiger partial charge on any atom is 0.159 e. The van der Waals surface area contributed by atoms with E-state index in [9.17, 15) is 5.11 Å². The predicted molar refractivity (Wildman–Crippen MR) is 114 cm³/mol. The minimum atomic E-state index is 0.234. The predicted octanol–water partition coefficient (Wildman–Crippen LogP) is 3.29. The number of nitrogens with zero attached hydrogens (tertiary/aromatic N) is 4. The van der Waals surface area contributed by atoms with Gasteiger partial charge >= 0.3 is 0 Å². The molecule has 1 fully saturated rings. The first kappa shape index (κ1) is 20.6. The van der Waals surface area contributed by atoms with Crippen LogP contribution in [0.4, 0.5) is 0 Å². The average Bonchev–Trinajstić information content (AvgIpc) is 2.69. The quantitative estimate of drug-likeness (QED) is 0.747. The van der Waals surface area contributed by atoms with Gasteiger partial charge in [-0.1, -0.05) is 35.9 Å². The fourth-order valence-corrected chi connectivity index (χ4v) is 3.72. The van der Waals surface area contributed by atoms with Crippen LogP contribution in [0.1, 0.15) is 31.4 Å². The lowest BCUT2D eigenvalue weighted by molar-refractivity contribution is 0.0635. The standard InChI is InChI=1S/C23H32N4O/c1-18(2)8-10-27-12-11-26(17-21(27)9-13-28)16-20-14-24-23(25-15-20)22-7-5-4-6-19(22)3/h4-8,14-15,21,28H,9-13,16-17H2,1-3H3. The minimum absolute atomic E-state index is 0.234. The number of aryl methyl sites for hydroxylation is 1. The van der Waals surface area contributed by atoms with Crippen molar-refractivity contribution in [3.63, 3.8) is 0 Å². The number of benzene rings is 1. The van der Waals surface area contributed by atoms with Gasteiger partial charge in [-0.2, -0.15) is 0 Å². The smallest absolute Gasteiger partial charge is 0.159 e. The number of rotatable bonds is 7. The van der Waals surface area contributed by atoms with Crippen LogP contribution in [0.5, 0.6) is 0 Å². The van der Waals surface area contributed by atoms with Crippen LogP contribution in [-0.4, -0.2) is 63.7 Å². The first-order valence-corrected chi connectivity index (χ1v) is 10.1. The molecule has 2 heterocycles. The molecule has 1 N–H and O–H groups in total. The fraction of sp³-hybridized carbons (Fsp3) is 0.478. The van der Waals surface area contributed by atoms with Crippen molar-refractivity contribution in [2.24, 2.45) is 0 Å². The molecule has 1 aliphatic rings. The van der Waals surface area contributed by atoms with E-state index in [0.29, 0.717) is 6.04 Å². The van der Waals surface area contributed by atoms with Gasteiger partial charge in [-0.15, -0.1) is 0 Å². The van der Waals surface area contributed by atoms with E-state index in [1.807, 2.05) is 24.5 Å². The van der Waals surface area contributed by atoms with Crippen LogP contribution in [0.3, 0.4) is 0 Å². The highest BCUT2D eigenvalue weighted by Crippen LogP contribution is 2.20.